The van der Waals surface area contributed by atoms with E-state index in [2.05, 4.69) is 39.9 Å². The van der Waals surface area contributed by atoms with Crippen LogP contribution in [-0.2, 0) is 11.3 Å². The number of piperidine rings is 2. The molecule has 0 radical (unpaired) electrons. The number of likely N-dealkylation sites (tertiary alicyclic amines) is 2. The minimum atomic E-state index is 0.176. The number of aryl methyl sites for hydroxylation is 1. The maximum absolute atomic E-state index is 12.8. The second-order valence-corrected chi connectivity index (χ2v) is 8.38. The van der Waals surface area contributed by atoms with Crippen LogP contribution in [0.15, 0.2) is 28.8 Å². The Balaban J connectivity index is 1.29. The number of carbonyl (C=O) groups is 1. The fourth-order valence-electron chi connectivity index (χ4n) is 4.27. The van der Waals surface area contributed by atoms with Crippen LogP contribution in [0.2, 0.25) is 0 Å². The van der Waals surface area contributed by atoms with E-state index in [1.807, 2.05) is 18.2 Å². The van der Waals surface area contributed by atoms with Gasteiger partial charge in [0.25, 0.3) is 0 Å². The number of amides is 1. The van der Waals surface area contributed by atoms with E-state index in [0.717, 1.165) is 68.9 Å². The van der Waals surface area contributed by atoms with E-state index < -0.39 is 0 Å². The van der Waals surface area contributed by atoms with Crippen molar-refractivity contribution in [1.82, 2.24) is 19.9 Å². The molecule has 0 atom stereocenters. The summed E-state index contributed by atoms with van der Waals surface area (Å²) in [6, 6.07) is 8.07. The molecule has 4 rings (SSSR count). The van der Waals surface area contributed by atoms with Crippen LogP contribution in [0.3, 0.4) is 0 Å². The molecule has 150 valence electrons. The van der Waals surface area contributed by atoms with Gasteiger partial charge in [-0.3, -0.25) is 9.69 Å². The lowest BCUT2D eigenvalue weighted by atomic mass is 9.93. The van der Waals surface area contributed by atoms with E-state index in [4.69, 9.17) is 4.52 Å². The number of carbonyl (C=O) groups excluding carboxylic acids is 1. The molecule has 0 spiro atoms. The van der Waals surface area contributed by atoms with E-state index in [1.54, 1.807) is 0 Å². The second kappa shape index (κ2) is 8.43. The van der Waals surface area contributed by atoms with Crippen LogP contribution in [-0.4, -0.2) is 52.0 Å². The average Bonchev–Trinajstić information content (AvgIpc) is 3.17. The lowest BCUT2D eigenvalue weighted by Gasteiger charge is -2.36. The van der Waals surface area contributed by atoms with Gasteiger partial charge in [0.05, 0.1) is 6.54 Å². The largest absolute Gasteiger partial charge is 0.342 e. The number of hydrogen-bond acceptors (Lipinski definition) is 5. The van der Waals surface area contributed by atoms with Crippen molar-refractivity contribution >= 4 is 5.91 Å². The van der Waals surface area contributed by atoms with Crippen molar-refractivity contribution in [1.29, 1.82) is 0 Å². The van der Waals surface area contributed by atoms with Crippen molar-refractivity contribution in [2.24, 2.45) is 11.8 Å². The summed E-state index contributed by atoms with van der Waals surface area (Å²) >= 11 is 0. The molecular weight excluding hydrogens is 352 g/mol. The van der Waals surface area contributed by atoms with Gasteiger partial charge in [-0.15, -0.1) is 0 Å². The first-order chi connectivity index (χ1) is 13.6. The number of nitrogens with zero attached hydrogens (tertiary/aromatic N) is 4. The zero-order valence-corrected chi connectivity index (χ0v) is 16.9. The fraction of sp³-hybridized carbons (Fsp3) is 0.591. The molecule has 1 aromatic carbocycles. The molecule has 2 aliphatic rings. The van der Waals surface area contributed by atoms with Gasteiger partial charge in [-0.1, -0.05) is 36.3 Å². The summed E-state index contributed by atoms with van der Waals surface area (Å²) in [6.45, 7) is 8.67. The highest BCUT2D eigenvalue weighted by molar-refractivity contribution is 5.79. The third-order valence-corrected chi connectivity index (χ3v) is 6.25. The van der Waals surface area contributed by atoms with Crippen LogP contribution in [0.25, 0.3) is 11.4 Å². The van der Waals surface area contributed by atoms with Gasteiger partial charge in [-0.05, 0) is 57.2 Å². The van der Waals surface area contributed by atoms with E-state index in [-0.39, 0.29) is 5.92 Å². The van der Waals surface area contributed by atoms with Crippen molar-refractivity contribution in [3.63, 3.8) is 0 Å². The summed E-state index contributed by atoms with van der Waals surface area (Å²) in [6.07, 6.45) is 4.13. The molecule has 2 aromatic rings. The third kappa shape index (κ3) is 4.27. The highest BCUT2D eigenvalue weighted by Crippen LogP contribution is 2.25. The van der Waals surface area contributed by atoms with Gasteiger partial charge in [0.1, 0.15) is 0 Å². The molecule has 3 heterocycles. The molecule has 6 heteroatoms. The first-order valence-electron chi connectivity index (χ1n) is 10.5. The molecule has 0 bridgehead atoms. The predicted molar refractivity (Wildman–Crippen MR) is 107 cm³/mol. The van der Waals surface area contributed by atoms with Crippen molar-refractivity contribution in [2.75, 3.05) is 26.2 Å². The van der Waals surface area contributed by atoms with Crippen molar-refractivity contribution in [3.05, 3.63) is 35.7 Å². The fourth-order valence-corrected chi connectivity index (χ4v) is 4.27. The summed E-state index contributed by atoms with van der Waals surface area (Å²) < 4.78 is 5.48. The molecule has 1 aromatic heterocycles. The molecule has 2 saturated heterocycles. The molecule has 0 N–H and O–H groups in total. The third-order valence-electron chi connectivity index (χ3n) is 6.25. The number of benzene rings is 1. The first-order valence-corrected chi connectivity index (χ1v) is 10.5. The monoisotopic (exact) mass is 382 g/mol. The van der Waals surface area contributed by atoms with Gasteiger partial charge in [-0.25, -0.2) is 0 Å². The van der Waals surface area contributed by atoms with Crippen LogP contribution < -0.4 is 0 Å². The summed E-state index contributed by atoms with van der Waals surface area (Å²) in [5, 5.41) is 4.15. The highest BCUT2D eigenvalue weighted by Gasteiger charge is 2.30. The molecule has 2 fully saturated rings. The van der Waals surface area contributed by atoms with Crippen molar-refractivity contribution < 1.29 is 9.32 Å². The zero-order valence-electron chi connectivity index (χ0n) is 16.9. The van der Waals surface area contributed by atoms with Gasteiger partial charge in [0.15, 0.2) is 0 Å². The SMILES string of the molecule is Cc1ccccc1-c1noc(CN2CCC(C(=O)N3CCC(C)CC3)CC2)n1. The van der Waals surface area contributed by atoms with E-state index >= 15 is 0 Å². The highest BCUT2D eigenvalue weighted by atomic mass is 16.5. The molecule has 0 unspecified atom stereocenters. The van der Waals surface area contributed by atoms with Gasteiger partial charge < -0.3 is 9.42 Å². The van der Waals surface area contributed by atoms with E-state index in [1.165, 1.54) is 0 Å². The predicted octanol–water partition coefficient (Wildman–Crippen LogP) is 3.52. The Hall–Kier alpha value is -2.21. The Kier molecular flexibility index (Phi) is 5.76. The number of rotatable bonds is 4. The molecule has 28 heavy (non-hydrogen) atoms. The number of hydrogen-bond donors (Lipinski definition) is 0. The van der Waals surface area contributed by atoms with Crippen LogP contribution in [0.5, 0.6) is 0 Å². The topological polar surface area (TPSA) is 62.5 Å². The van der Waals surface area contributed by atoms with Crippen molar-refractivity contribution in [2.45, 2.75) is 46.1 Å². The average molecular weight is 383 g/mol. The second-order valence-electron chi connectivity index (χ2n) is 8.38. The Bertz CT molecular complexity index is 802. The van der Waals surface area contributed by atoms with Gasteiger partial charge in [-0.2, -0.15) is 4.98 Å². The Morgan fingerprint density at radius 2 is 1.82 bits per heavy atom. The molecule has 0 saturated carbocycles. The molecule has 1 amide bonds. The van der Waals surface area contributed by atoms with Crippen molar-refractivity contribution in [3.8, 4) is 11.4 Å². The molecular formula is C22H30N4O2. The molecule has 0 aliphatic carbocycles. The molecule has 6 nitrogen and oxygen atoms in total. The first kappa shape index (κ1) is 19.1. The van der Waals surface area contributed by atoms with E-state index in [9.17, 15) is 4.79 Å². The maximum Gasteiger partial charge on any atom is 0.241 e. The van der Waals surface area contributed by atoms with Gasteiger partial charge in [0.2, 0.25) is 17.6 Å². The lowest BCUT2D eigenvalue weighted by molar-refractivity contribution is -0.138. The lowest BCUT2D eigenvalue weighted by Crippen LogP contribution is -2.45. The van der Waals surface area contributed by atoms with Crippen LogP contribution in [0, 0.1) is 18.8 Å². The zero-order chi connectivity index (χ0) is 19.5. The Labute approximate surface area is 166 Å². The Morgan fingerprint density at radius 1 is 1.11 bits per heavy atom. The maximum atomic E-state index is 12.8. The normalized spacial score (nSPS) is 19.9. The smallest absolute Gasteiger partial charge is 0.241 e. The summed E-state index contributed by atoms with van der Waals surface area (Å²) in [5.41, 5.74) is 2.15. The number of aromatic nitrogens is 2. The summed E-state index contributed by atoms with van der Waals surface area (Å²) in [5.74, 6) is 2.59. The van der Waals surface area contributed by atoms with Crippen LogP contribution >= 0.6 is 0 Å². The van der Waals surface area contributed by atoms with Crippen LogP contribution in [0.1, 0.15) is 44.1 Å². The van der Waals surface area contributed by atoms with Crippen LogP contribution in [0.4, 0.5) is 0 Å². The quantitative estimate of drug-likeness (QED) is 0.810. The minimum absolute atomic E-state index is 0.176. The Morgan fingerprint density at radius 3 is 2.54 bits per heavy atom. The van der Waals surface area contributed by atoms with E-state index in [0.29, 0.717) is 24.2 Å². The standard InChI is InChI=1S/C22H30N4O2/c1-16-7-13-26(14-8-16)22(27)18-9-11-25(12-10-18)15-20-23-21(24-28-20)19-6-4-3-5-17(19)2/h3-6,16,18H,7-15H2,1-2H3. The molecule has 2 aliphatic heterocycles. The van der Waals surface area contributed by atoms with Gasteiger partial charge >= 0.3 is 0 Å². The van der Waals surface area contributed by atoms with Gasteiger partial charge in [0, 0.05) is 24.6 Å². The minimum Gasteiger partial charge on any atom is -0.342 e. The summed E-state index contributed by atoms with van der Waals surface area (Å²) in [7, 11) is 0. The summed E-state index contributed by atoms with van der Waals surface area (Å²) in [4.78, 5) is 21.8.